The maximum absolute atomic E-state index is 13.0. The lowest BCUT2D eigenvalue weighted by molar-refractivity contribution is -0.161. The number of carbonyl (C=O) groups is 4. The number of carbonyl (C=O) groups excluding carboxylic acids is 4. The predicted molar refractivity (Wildman–Crippen MR) is 372 cm³/mol. The van der Waals surface area contributed by atoms with Crippen molar-refractivity contribution in [1.29, 1.82) is 0 Å². The molecule has 0 bridgehead atoms. The molecule has 0 heterocycles. The van der Waals surface area contributed by atoms with Gasteiger partial charge in [-0.1, -0.05) is 324 Å². The number of hydrogen-bond acceptors (Lipinski definition) is 15. The van der Waals surface area contributed by atoms with E-state index in [1.54, 1.807) is 0 Å². The minimum Gasteiger partial charge on any atom is -0.462 e. The molecule has 0 aromatic rings. The quantitative estimate of drug-likeness (QED) is 0.0222. The minimum atomic E-state index is -4.95. The monoisotopic (exact) mass is 1350 g/mol. The van der Waals surface area contributed by atoms with Gasteiger partial charge in [-0.05, 0) is 37.5 Å². The van der Waals surface area contributed by atoms with Crippen LogP contribution in [0.3, 0.4) is 0 Å². The standard InChI is InChI=1S/C73H142O17P2/c1-7-10-12-14-16-18-19-20-21-22-23-24-25-26-27-31-39-45-51-57-72(77)89-68(62-84-71(76)56-50-44-38-32-28-30-35-41-47-53-65(4)5)63-87-91(79,80)85-59-67(74)60-86-92(81,82)88-64-69(61-83-70(75)55-49-43-37-29-17-15-13-11-8-2)90-73(78)58-52-46-40-34-33-36-42-48-54-66(6)9-3/h65-69,74H,7-64H2,1-6H3,(H,79,80)(H,81,82)/t66?,67-,68-,69-/m1/s1. The van der Waals surface area contributed by atoms with Crippen molar-refractivity contribution in [1.82, 2.24) is 0 Å². The molecule has 0 spiro atoms. The fourth-order valence-electron chi connectivity index (χ4n) is 11.1. The van der Waals surface area contributed by atoms with Crippen LogP contribution in [-0.2, 0) is 65.4 Å². The Morgan fingerprint density at radius 3 is 0.826 bits per heavy atom. The Kier molecular flexibility index (Phi) is 63.7. The van der Waals surface area contributed by atoms with E-state index < -0.39 is 97.5 Å². The van der Waals surface area contributed by atoms with Crippen LogP contribution in [-0.4, -0.2) is 96.7 Å². The van der Waals surface area contributed by atoms with E-state index in [4.69, 9.17) is 37.0 Å². The Hall–Kier alpha value is -1.94. The van der Waals surface area contributed by atoms with Crippen LogP contribution in [0.25, 0.3) is 0 Å². The predicted octanol–water partition coefficient (Wildman–Crippen LogP) is 21.2. The molecule has 0 aromatic heterocycles. The van der Waals surface area contributed by atoms with Crippen LogP contribution >= 0.6 is 15.6 Å². The van der Waals surface area contributed by atoms with Crippen molar-refractivity contribution in [3.05, 3.63) is 0 Å². The Morgan fingerprint density at radius 1 is 0.315 bits per heavy atom. The summed E-state index contributed by atoms with van der Waals surface area (Å²) >= 11 is 0. The molecule has 0 aliphatic rings. The van der Waals surface area contributed by atoms with Crippen molar-refractivity contribution < 1.29 is 80.2 Å². The lowest BCUT2D eigenvalue weighted by Gasteiger charge is -2.21. The van der Waals surface area contributed by atoms with E-state index in [9.17, 15) is 43.2 Å². The summed E-state index contributed by atoms with van der Waals surface area (Å²) in [6, 6.07) is 0. The number of phosphoric acid groups is 2. The van der Waals surface area contributed by atoms with E-state index in [1.165, 1.54) is 193 Å². The summed E-state index contributed by atoms with van der Waals surface area (Å²) < 4.78 is 68.4. The number of hydrogen-bond donors (Lipinski definition) is 3. The summed E-state index contributed by atoms with van der Waals surface area (Å²) in [5, 5.41) is 10.6. The molecule has 0 saturated heterocycles. The second-order valence-electron chi connectivity index (χ2n) is 27.1. The van der Waals surface area contributed by atoms with E-state index in [0.29, 0.717) is 25.7 Å². The van der Waals surface area contributed by atoms with Gasteiger partial charge >= 0.3 is 39.5 Å². The molecule has 19 heteroatoms. The van der Waals surface area contributed by atoms with Crippen molar-refractivity contribution >= 4 is 39.5 Å². The first-order chi connectivity index (χ1) is 44.4. The van der Waals surface area contributed by atoms with Gasteiger partial charge in [0.1, 0.15) is 19.3 Å². The molecule has 0 aliphatic heterocycles. The summed E-state index contributed by atoms with van der Waals surface area (Å²) in [6.07, 6.45) is 51.4. The summed E-state index contributed by atoms with van der Waals surface area (Å²) in [6.45, 7) is 9.53. The molecular formula is C73H142O17P2. The summed E-state index contributed by atoms with van der Waals surface area (Å²) in [4.78, 5) is 72.6. The smallest absolute Gasteiger partial charge is 0.462 e. The molecule has 17 nitrogen and oxygen atoms in total. The summed E-state index contributed by atoms with van der Waals surface area (Å²) in [5.74, 6) is -0.609. The molecule has 6 atom stereocenters. The van der Waals surface area contributed by atoms with Crippen molar-refractivity contribution in [2.45, 2.75) is 394 Å². The third-order valence-corrected chi connectivity index (χ3v) is 19.2. The van der Waals surface area contributed by atoms with Gasteiger partial charge in [0, 0.05) is 25.7 Å². The fraction of sp³-hybridized carbons (Fsp3) is 0.945. The third-order valence-electron chi connectivity index (χ3n) is 17.3. The first-order valence-electron chi connectivity index (χ1n) is 38.0. The summed E-state index contributed by atoms with van der Waals surface area (Å²) in [5.41, 5.74) is 0. The van der Waals surface area contributed by atoms with Crippen LogP contribution in [0.15, 0.2) is 0 Å². The highest BCUT2D eigenvalue weighted by Crippen LogP contribution is 2.45. The van der Waals surface area contributed by atoms with Crippen LogP contribution in [0.4, 0.5) is 0 Å². The molecule has 0 rings (SSSR count). The number of unbranched alkanes of at least 4 members (excludes halogenated alkanes) is 41. The van der Waals surface area contributed by atoms with Crippen molar-refractivity contribution in [2.75, 3.05) is 39.6 Å². The number of aliphatic hydroxyl groups is 1. The van der Waals surface area contributed by atoms with Gasteiger partial charge in [-0.3, -0.25) is 37.3 Å². The van der Waals surface area contributed by atoms with Gasteiger partial charge in [-0.2, -0.15) is 0 Å². The number of ether oxygens (including phenoxy) is 4. The highest BCUT2D eigenvalue weighted by atomic mass is 31.2. The lowest BCUT2D eigenvalue weighted by atomic mass is 9.99. The number of phosphoric ester groups is 2. The largest absolute Gasteiger partial charge is 0.472 e. The number of aliphatic hydroxyl groups excluding tert-OH is 1. The lowest BCUT2D eigenvalue weighted by Crippen LogP contribution is -2.30. The highest BCUT2D eigenvalue weighted by molar-refractivity contribution is 7.47. The SMILES string of the molecule is CCCCCCCCCCCCCCCCCCCCCC(=O)O[C@H](COC(=O)CCCCCCCCCCCC(C)C)COP(=O)(O)OC[C@@H](O)COP(=O)(O)OC[C@@H](COC(=O)CCCCCCCCCCC)OC(=O)CCCCCCCCCCC(C)CC. The van der Waals surface area contributed by atoms with Gasteiger partial charge in [0.15, 0.2) is 12.2 Å². The van der Waals surface area contributed by atoms with Crippen LogP contribution in [0, 0.1) is 11.8 Å². The van der Waals surface area contributed by atoms with Gasteiger partial charge in [0.25, 0.3) is 0 Å². The van der Waals surface area contributed by atoms with Gasteiger partial charge in [-0.25, -0.2) is 9.13 Å². The first-order valence-corrected chi connectivity index (χ1v) is 41.0. The second kappa shape index (κ2) is 65.0. The molecule has 3 N–H and O–H groups in total. The normalized spacial score (nSPS) is 14.4. The summed E-state index contributed by atoms with van der Waals surface area (Å²) in [7, 11) is -9.90. The van der Waals surface area contributed by atoms with Crippen LogP contribution in [0.5, 0.6) is 0 Å². The molecule has 546 valence electrons. The molecule has 0 radical (unpaired) electrons. The van der Waals surface area contributed by atoms with Crippen LogP contribution in [0.2, 0.25) is 0 Å². The zero-order valence-corrected chi connectivity index (χ0v) is 61.6. The average molecular weight is 1350 g/mol. The topological polar surface area (TPSA) is 237 Å². The third kappa shape index (κ3) is 65.4. The van der Waals surface area contributed by atoms with Crippen molar-refractivity contribution in [2.24, 2.45) is 11.8 Å². The minimum absolute atomic E-state index is 0.105. The molecule has 92 heavy (non-hydrogen) atoms. The zero-order chi connectivity index (χ0) is 67.9. The Balaban J connectivity index is 5.21. The number of esters is 4. The molecular weight excluding hydrogens is 1210 g/mol. The molecule has 0 amide bonds. The fourth-order valence-corrected chi connectivity index (χ4v) is 12.7. The van der Waals surface area contributed by atoms with Crippen LogP contribution < -0.4 is 0 Å². The van der Waals surface area contributed by atoms with Gasteiger partial charge in [-0.15, -0.1) is 0 Å². The highest BCUT2D eigenvalue weighted by Gasteiger charge is 2.30. The van der Waals surface area contributed by atoms with E-state index >= 15 is 0 Å². The van der Waals surface area contributed by atoms with Gasteiger partial charge in [0.2, 0.25) is 0 Å². The van der Waals surface area contributed by atoms with Gasteiger partial charge < -0.3 is 33.8 Å². The van der Waals surface area contributed by atoms with E-state index in [-0.39, 0.29) is 25.7 Å². The Labute approximate surface area is 562 Å². The molecule has 0 aliphatic carbocycles. The first kappa shape index (κ1) is 90.1. The molecule has 0 aromatic carbocycles. The second-order valence-corrected chi connectivity index (χ2v) is 30.0. The number of rotatable bonds is 72. The maximum atomic E-state index is 13.0. The van der Waals surface area contributed by atoms with Crippen LogP contribution in [0.1, 0.15) is 375 Å². The molecule has 0 saturated carbocycles. The van der Waals surface area contributed by atoms with E-state index in [2.05, 4.69) is 41.5 Å². The Morgan fingerprint density at radius 2 is 0.554 bits per heavy atom. The molecule has 3 unspecified atom stereocenters. The zero-order valence-electron chi connectivity index (χ0n) is 59.9. The van der Waals surface area contributed by atoms with E-state index in [1.807, 2.05) is 0 Å². The van der Waals surface area contributed by atoms with Gasteiger partial charge in [0.05, 0.1) is 26.4 Å². The van der Waals surface area contributed by atoms with Crippen molar-refractivity contribution in [3.63, 3.8) is 0 Å². The van der Waals surface area contributed by atoms with E-state index in [0.717, 1.165) is 102 Å². The maximum Gasteiger partial charge on any atom is 0.472 e. The average Bonchev–Trinajstić information content (AvgIpc) is 2.36. The Bertz CT molecular complexity index is 1790. The van der Waals surface area contributed by atoms with Crippen molar-refractivity contribution in [3.8, 4) is 0 Å². The molecule has 0 fully saturated rings.